The number of aryl methyl sites for hydroxylation is 2. The highest BCUT2D eigenvalue weighted by Crippen LogP contribution is 2.23. The fourth-order valence-corrected chi connectivity index (χ4v) is 2.93. The molecule has 0 saturated carbocycles. The molecule has 3 nitrogen and oxygen atoms in total. The topological polar surface area (TPSA) is 29.5 Å². The van der Waals surface area contributed by atoms with Crippen molar-refractivity contribution < 1.29 is 9.53 Å². The van der Waals surface area contributed by atoms with Gasteiger partial charge >= 0.3 is 0 Å². The molecule has 0 saturated heterocycles. The van der Waals surface area contributed by atoms with Crippen LogP contribution in [0.3, 0.4) is 0 Å². The lowest BCUT2D eigenvalue weighted by Crippen LogP contribution is -2.35. The van der Waals surface area contributed by atoms with E-state index < -0.39 is 0 Å². The molecule has 0 radical (unpaired) electrons. The quantitative estimate of drug-likeness (QED) is 0.752. The zero-order valence-corrected chi connectivity index (χ0v) is 12.9. The summed E-state index contributed by atoms with van der Waals surface area (Å²) in [6.07, 6.45) is 3.47. The van der Waals surface area contributed by atoms with Crippen molar-refractivity contribution >= 4 is 21.8 Å². The van der Waals surface area contributed by atoms with Gasteiger partial charge in [-0.2, -0.15) is 0 Å². The second-order valence-corrected chi connectivity index (χ2v) is 5.60. The molecular formula is C15H20BrNO2. The Balaban J connectivity index is 2.11. The second kappa shape index (κ2) is 7.06. The number of halogens is 1. The number of rotatable bonds is 6. The van der Waals surface area contributed by atoms with Gasteiger partial charge in [-0.15, -0.1) is 0 Å². The summed E-state index contributed by atoms with van der Waals surface area (Å²) in [4.78, 5) is 14.3. The molecule has 1 aromatic rings. The highest BCUT2D eigenvalue weighted by molar-refractivity contribution is 9.09. The number of hydrogen-bond donors (Lipinski definition) is 0. The van der Waals surface area contributed by atoms with Gasteiger partial charge in [0.25, 0.3) is 5.91 Å². The van der Waals surface area contributed by atoms with Crippen LogP contribution in [0.5, 0.6) is 0 Å². The Bertz CT molecular complexity index is 448. The van der Waals surface area contributed by atoms with Crippen molar-refractivity contribution in [2.24, 2.45) is 0 Å². The molecule has 0 fully saturated rings. The van der Waals surface area contributed by atoms with E-state index in [4.69, 9.17) is 4.74 Å². The summed E-state index contributed by atoms with van der Waals surface area (Å²) in [6, 6.07) is 6.14. The number of benzene rings is 1. The summed E-state index contributed by atoms with van der Waals surface area (Å²) < 4.78 is 5.07. The van der Waals surface area contributed by atoms with Crippen LogP contribution in [0.1, 0.15) is 27.9 Å². The molecule has 0 spiro atoms. The number of amides is 1. The van der Waals surface area contributed by atoms with Gasteiger partial charge < -0.3 is 9.64 Å². The highest BCUT2D eigenvalue weighted by atomic mass is 79.9. The first-order valence-electron chi connectivity index (χ1n) is 6.72. The van der Waals surface area contributed by atoms with Gasteiger partial charge in [-0.25, -0.2) is 0 Å². The van der Waals surface area contributed by atoms with Crippen molar-refractivity contribution in [1.82, 2.24) is 4.90 Å². The van der Waals surface area contributed by atoms with Crippen LogP contribution in [0.2, 0.25) is 0 Å². The van der Waals surface area contributed by atoms with E-state index in [0.29, 0.717) is 19.7 Å². The molecule has 0 aromatic heterocycles. The maximum atomic E-state index is 12.5. The molecule has 1 aromatic carbocycles. The van der Waals surface area contributed by atoms with Crippen LogP contribution in [-0.2, 0) is 17.6 Å². The largest absolute Gasteiger partial charge is 0.383 e. The fraction of sp³-hybridized carbons (Fsp3) is 0.533. The normalized spacial score (nSPS) is 13.4. The molecule has 19 heavy (non-hydrogen) atoms. The van der Waals surface area contributed by atoms with Gasteiger partial charge in [0.2, 0.25) is 0 Å². The SMILES string of the molecule is COCCN(CCBr)C(=O)c1ccc2c(c1)CCC2. The summed E-state index contributed by atoms with van der Waals surface area (Å²) in [5.41, 5.74) is 3.55. The fourth-order valence-electron chi connectivity index (χ4n) is 2.51. The molecule has 0 heterocycles. The van der Waals surface area contributed by atoms with Crippen LogP contribution < -0.4 is 0 Å². The third-order valence-corrected chi connectivity index (χ3v) is 3.91. The first-order chi connectivity index (χ1) is 9.26. The Morgan fingerprint density at radius 2 is 2.11 bits per heavy atom. The number of fused-ring (bicyclic) bond motifs is 1. The Morgan fingerprint density at radius 3 is 2.84 bits per heavy atom. The highest BCUT2D eigenvalue weighted by Gasteiger charge is 2.18. The van der Waals surface area contributed by atoms with Crippen molar-refractivity contribution in [3.63, 3.8) is 0 Å². The number of hydrogen-bond acceptors (Lipinski definition) is 2. The van der Waals surface area contributed by atoms with Gasteiger partial charge in [0, 0.05) is 31.1 Å². The molecule has 0 unspecified atom stereocenters. The third-order valence-electron chi connectivity index (χ3n) is 3.55. The van der Waals surface area contributed by atoms with Crippen molar-refractivity contribution in [3.05, 3.63) is 34.9 Å². The molecule has 4 heteroatoms. The van der Waals surface area contributed by atoms with E-state index in [1.54, 1.807) is 7.11 Å². The average Bonchev–Trinajstić information content (AvgIpc) is 2.90. The predicted octanol–water partition coefficient (Wildman–Crippen LogP) is 2.66. The minimum atomic E-state index is 0.103. The minimum Gasteiger partial charge on any atom is -0.383 e. The number of ether oxygens (including phenoxy) is 1. The van der Waals surface area contributed by atoms with E-state index in [9.17, 15) is 4.79 Å². The molecule has 2 rings (SSSR count). The smallest absolute Gasteiger partial charge is 0.253 e. The lowest BCUT2D eigenvalue weighted by Gasteiger charge is -2.21. The van der Waals surface area contributed by atoms with Crippen molar-refractivity contribution in [1.29, 1.82) is 0 Å². The van der Waals surface area contributed by atoms with Gasteiger partial charge in [-0.05, 0) is 42.5 Å². The second-order valence-electron chi connectivity index (χ2n) is 4.81. The maximum absolute atomic E-state index is 12.5. The number of nitrogens with zero attached hydrogens (tertiary/aromatic N) is 1. The van der Waals surface area contributed by atoms with Crippen LogP contribution in [0.4, 0.5) is 0 Å². The molecule has 0 aliphatic heterocycles. The van der Waals surface area contributed by atoms with E-state index in [2.05, 4.69) is 28.1 Å². The van der Waals surface area contributed by atoms with E-state index in [1.807, 2.05) is 11.0 Å². The van der Waals surface area contributed by atoms with Crippen LogP contribution in [-0.4, -0.2) is 42.9 Å². The first kappa shape index (κ1) is 14.5. The average molecular weight is 326 g/mol. The molecule has 104 valence electrons. The van der Waals surface area contributed by atoms with Gasteiger partial charge in [-0.1, -0.05) is 22.0 Å². The zero-order valence-electron chi connectivity index (χ0n) is 11.3. The summed E-state index contributed by atoms with van der Waals surface area (Å²) in [6.45, 7) is 1.92. The van der Waals surface area contributed by atoms with Crippen molar-refractivity contribution in [3.8, 4) is 0 Å². The monoisotopic (exact) mass is 325 g/mol. The standard InChI is InChI=1S/C15H20BrNO2/c1-19-10-9-17(8-7-16)15(18)14-6-5-12-3-2-4-13(12)11-14/h5-6,11H,2-4,7-10H2,1H3. The Morgan fingerprint density at radius 1 is 1.32 bits per heavy atom. The number of carbonyl (C=O) groups excluding carboxylic acids is 1. The van der Waals surface area contributed by atoms with Crippen LogP contribution in [0, 0.1) is 0 Å². The zero-order chi connectivity index (χ0) is 13.7. The predicted molar refractivity (Wildman–Crippen MR) is 80.0 cm³/mol. The van der Waals surface area contributed by atoms with Crippen LogP contribution in [0.25, 0.3) is 0 Å². The first-order valence-corrected chi connectivity index (χ1v) is 7.84. The summed E-state index contributed by atoms with van der Waals surface area (Å²) in [7, 11) is 1.66. The van der Waals surface area contributed by atoms with Gasteiger partial charge in [0.05, 0.1) is 6.61 Å². The molecule has 0 bridgehead atoms. The van der Waals surface area contributed by atoms with Crippen LogP contribution >= 0.6 is 15.9 Å². The minimum absolute atomic E-state index is 0.103. The van der Waals surface area contributed by atoms with Gasteiger partial charge in [0.15, 0.2) is 0 Å². The van der Waals surface area contributed by atoms with Crippen molar-refractivity contribution in [2.45, 2.75) is 19.3 Å². The third kappa shape index (κ3) is 3.57. The lowest BCUT2D eigenvalue weighted by atomic mass is 10.1. The van der Waals surface area contributed by atoms with Crippen LogP contribution in [0.15, 0.2) is 18.2 Å². The summed E-state index contributed by atoms with van der Waals surface area (Å²) in [5, 5.41) is 0.785. The molecular weight excluding hydrogens is 306 g/mol. The summed E-state index contributed by atoms with van der Waals surface area (Å²) in [5.74, 6) is 0.103. The summed E-state index contributed by atoms with van der Waals surface area (Å²) >= 11 is 3.40. The Hall–Kier alpha value is -0.870. The molecule has 1 amide bonds. The molecule has 1 aliphatic rings. The van der Waals surface area contributed by atoms with Gasteiger partial charge in [-0.3, -0.25) is 4.79 Å². The van der Waals surface area contributed by atoms with E-state index >= 15 is 0 Å². The molecule has 0 atom stereocenters. The number of methoxy groups -OCH3 is 1. The maximum Gasteiger partial charge on any atom is 0.253 e. The van der Waals surface area contributed by atoms with E-state index in [1.165, 1.54) is 17.5 Å². The van der Waals surface area contributed by atoms with Crippen molar-refractivity contribution in [2.75, 3.05) is 32.1 Å². The van der Waals surface area contributed by atoms with E-state index in [0.717, 1.165) is 23.7 Å². The number of alkyl halides is 1. The van der Waals surface area contributed by atoms with E-state index in [-0.39, 0.29) is 5.91 Å². The molecule has 0 N–H and O–H groups in total. The Kier molecular flexibility index (Phi) is 5.40. The lowest BCUT2D eigenvalue weighted by molar-refractivity contribution is 0.0709. The number of carbonyl (C=O) groups is 1. The van der Waals surface area contributed by atoms with Gasteiger partial charge in [0.1, 0.15) is 0 Å². The molecule has 1 aliphatic carbocycles. The Labute approximate surface area is 123 Å².